The fraction of sp³-hybridized carbons (Fsp3) is 0.412. The highest BCUT2D eigenvalue weighted by Crippen LogP contribution is 2.17. The summed E-state index contributed by atoms with van der Waals surface area (Å²) in [5.74, 6) is 0. The first-order chi connectivity index (χ1) is 10.0. The van der Waals surface area contributed by atoms with Crippen molar-refractivity contribution in [3.05, 3.63) is 51.8 Å². The Hall–Kier alpha value is -1.94. The summed E-state index contributed by atoms with van der Waals surface area (Å²) in [5, 5.41) is 7.72. The first-order valence-electron chi connectivity index (χ1n) is 7.39. The first kappa shape index (κ1) is 15.4. The van der Waals surface area contributed by atoms with Crippen LogP contribution in [0.1, 0.15) is 31.4 Å². The molecule has 0 bridgehead atoms. The van der Waals surface area contributed by atoms with Crippen LogP contribution in [0, 0.1) is 6.92 Å². The fourth-order valence-corrected chi connectivity index (χ4v) is 2.09. The summed E-state index contributed by atoms with van der Waals surface area (Å²) in [6.07, 6.45) is 1.04. The van der Waals surface area contributed by atoms with Crippen molar-refractivity contribution in [3.63, 3.8) is 0 Å². The highest BCUT2D eigenvalue weighted by Gasteiger charge is 2.09. The quantitative estimate of drug-likeness (QED) is 0.918. The Morgan fingerprint density at radius 1 is 1.29 bits per heavy atom. The third-order valence-corrected chi connectivity index (χ3v) is 3.74. The highest BCUT2D eigenvalue weighted by molar-refractivity contribution is 5.59. The van der Waals surface area contributed by atoms with Crippen molar-refractivity contribution >= 4 is 0 Å². The third-order valence-electron chi connectivity index (χ3n) is 3.74. The van der Waals surface area contributed by atoms with Crippen LogP contribution in [0.3, 0.4) is 0 Å². The van der Waals surface area contributed by atoms with Gasteiger partial charge >= 0.3 is 0 Å². The van der Waals surface area contributed by atoms with Gasteiger partial charge in [-0.05, 0) is 26.3 Å². The Labute approximate surface area is 125 Å². The van der Waals surface area contributed by atoms with Crippen molar-refractivity contribution in [2.24, 2.45) is 7.05 Å². The molecule has 0 saturated heterocycles. The van der Waals surface area contributed by atoms with Gasteiger partial charge in [-0.25, -0.2) is 4.68 Å². The summed E-state index contributed by atoms with van der Waals surface area (Å²) >= 11 is 0. The van der Waals surface area contributed by atoms with E-state index in [2.05, 4.69) is 43.3 Å². The summed E-state index contributed by atoms with van der Waals surface area (Å²) in [6, 6.07) is 10.5. The lowest BCUT2D eigenvalue weighted by Gasteiger charge is -2.12. The van der Waals surface area contributed by atoms with Gasteiger partial charge in [0.1, 0.15) is 0 Å². The monoisotopic (exact) mass is 285 g/mol. The van der Waals surface area contributed by atoms with Crippen LogP contribution in [0.15, 0.2) is 35.1 Å². The molecule has 1 aromatic heterocycles. The Bertz CT molecular complexity index is 659. The summed E-state index contributed by atoms with van der Waals surface area (Å²) < 4.78 is 1.42. The second-order valence-corrected chi connectivity index (χ2v) is 5.54. The van der Waals surface area contributed by atoms with Crippen molar-refractivity contribution < 1.29 is 0 Å². The largest absolute Gasteiger partial charge is 0.310 e. The zero-order valence-corrected chi connectivity index (χ0v) is 13.2. The van der Waals surface area contributed by atoms with Crippen molar-refractivity contribution in [3.8, 4) is 11.3 Å². The highest BCUT2D eigenvalue weighted by atomic mass is 16.1. The zero-order valence-electron chi connectivity index (χ0n) is 13.2. The van der Waals surface area contributed by atoms with Crippen LogP contribution in [0.4, 0.5) is 0 Å². The molecule has 1 aromatic carbocycles. The van der Waals surface area contributed by atoms with E-state index >= 15 is 0 Å². The van der Waals surface area contributed by atoms with E-state index < -0.39 is 0 Å². The summed E-state index contributed by atoms with van der Waals surface area (Å²) in [4.78, 5) is 12.2. The van der Waals surface area contributed by atoms with Crippen LogP contribution in [0.5, 0.6) is 0 Å². The van der Waals surface area contributed by atoms with E-state index in [0.717, 1.165) is 23.2 Å². The second-order valence-electron chi connectivity index (χ2n) is 5.54. The summed E-state index contributed by atoms with van der Waals surface area (Å²) in [6.45, 7) is 6.87. The molecule has 0 spiro atoms. The van der Waals surface area contributed by atoms with E-state index in [1.807, 2.05) is 18.2 Å². The van der Waals surface area contributed by atoms with Crippen molar-refractivity contribution in [1.29, 1.82) is 0 Å². The van der Waals surface area contributed by atoms with Crippen molar-refractivity contribution in [1.82, 2.24) is 15.1 Å². The molecule has 21 heavy (non-hydrogen) atoms. The molecule has 0 amide bonds. The topological polar surface area (TPSA) is 46.9 Å². The summed E-state index contributed by atoms with van der Waals surface area (Å²) in [5.41, 5.74) is 3.78. The van der Waals surface area contributed by atoms with Crippen LogP contribution in [-0.2, 0) is 13.6 Å². The predicted molar refractivity (Wildman–Crippen MR) is 86.2 cm³/mol. The van der Waals surface area contributed by atoms with E-state index in [-0.39, 0.29) is 5.56 Å². The summed E-state index contributed by atoms with van der Waals surface area (Å²) in [7, 11) is 1.70. The molecule has 112 valence electrons. The Morgan fingerprint density at radius 3 is 2.57 bits per heavy atom. The van der Waals surface area contributed by atoms with Gasteiger partial charge in [0.2, 0.25) is 0 Å². The Kier molecular flexibility index (Phi) is 4.91. The minimum Gasteiger partial charge on any atom is -0.310 e. The molecule has 2 aromatic rings. The van der Waals surface area contributed by atoms with E-state index in [1.165, 1.54) is 10.2 Å². The smallest absolute Gasteiger partial charge is 0.271 e. The molecular formula is C17H23N3O. The van der Waals surface area contributed by atoms with Gasteiger partial charge in [0.15, 0.2) is 0 Å². The van der Waals surface area contributed by atoms with Crippen LogP contribution in [-0.4, -0.2) is 15.8 Å². The normalized spacial score (nSPS) is 12.4. The molecule has 4 nitrogen and oxygen atoms in total. The second kappa shape index (κ2) is 6.68. The molecule has 0 fully saturated rings. The number of rotatable bonds is 5. The predicted octanol–water partition coefficient (Wildman–Crippen LogP) is 2.64. The van der Waals surface area contributed by atoms with Gasteiger partial charge < -0.3 is 5.32 Å². The van der Waals surface area contributed by atoms with Crippen molar-refractivity contribution in [2.45, 2.75) is 39.8 Å². The molecular weight excluding hydrogens is 262 g/mol. The zero-order chi connectivity index (χ0) is 15.4. The lowest BCUT2D eigenvalue weighted by Crippen LogP contribution is -2.31. The molecule has 4 heteroatoms. The Morgan fingerprint density at radius 2 is 1.95 bits per heavy atom. The number of benzene rings is 1. The SMILES string of the molecule is CCC(C)NCc1cc(-c2ccc(C)cc2)nn(C)c1=O. The number of hydrogen-bond donors (Lipinski definition) is 1. The number of aromatic nitrogens is 2. The first-order valence-corrected chi connectivity index (χ1v) is 7.39. The number of aryl methyl sites for hydroxylation is 2. The molecule has 0 aliphatic rings. The van der Waals surface area contributed by atoms with Crippen LogP contribution < -0.4 is 10.9 Å². The maximum Gasteiger partial charge on any atom is 0.271 e. The van der Waals surface area contributed by atoms with Crippen molar-refractivity contribution in [2.75, 3.05) is 0 Å². The van der Waals surface area contributed by atoms with Crippen LogP contribution in [0.2, 0.25) is 0 Å². The van der Waals surface area contributed by atoms with Crippen LogP contribution >= 0.6 is 0 Å². The maximum absolute atomic E-state index is 12.2. The average Bonchev–Trinajstić information content (AvgIpc) is 2.49. The number of hydrogen-bond acceptors (Lipinski definition) is 3. The van der Waals surface area contributed by atoms with E-state index in [0.29, 0.717) is 12.6 Å². The standard InChI is InChI=1S/C17H23N3O/c1-5-13(3)18-11-15-10-16(19-20(4)17(15)21)14-8-6-12(2)7-9-14/h6-10,13,18H,5,11H2,1-4H3. The molecule has 2 rings (SSSR count). The van der Waals surface area contributed by atoms with Gasteiger partial charge in [0.05, 0.1) is 5.69 Å². The van der Waals surface area contributed by atoms with E-state index in [1.54, 1.807) is 7.05 Å². The number of nitrogens with one attached hydrogen (secondary N) is 1. The van der Waals surface area contributed by atoms with E-state index in [9.17, 15) is 4.79 Å². The molecule has 0 saturated carbocycles. The van der Waals surface area contributed by atoms with Gasteiger partial charge in [-0.2, -0.15) is 5.10 Å². The van der Waals surface area contributed by atoms with Gasteiger partial charge in [-0.1, -0.05) is 36.8 Å². The van der Waals surface area contributed by atoms with Crippen LogP contribution in [0.25, 0.3) is 11.3 Å². The van der Waals surface area contributed by atoms with Gasteiger partial charge in [-0.15, -0.1) is 0 Å². The third kappa shape index (κ3) is 3.79. The molecule has 1 atom stereocenters. The maximum atomic E-state index is 12.2. The minimum absolute atomic E-state index is 0.0401. The lowest BCUT2D eigenvalue weighted by atomic mass is 10.1. The van der Waals surface area contributed by atoms with Gasteiger partial charge in [-0.3, -0.25) is 4.79 Å². The molecule has 1 unspecified atom stereocenters. The molecule has 0 radical (unpaired) electrons. The molecule has 1 N–H and O–H groups in total. The lowest BCUT2D eigenvalue weighted by molar-refractivity contribution is 0.528. The molecule has 0 aliphatic carbocycles. The molecule has 1 heterocycles. The average molecular weight is 285 g/mol. The van der Waals surface area contributed by atoms with Gasteiger partial charge in [0.25, 0.3) is 5.56 Å². The Balaban J connectivity index is 2.34. The molecule has 0 aliphatic heterocycles. The van der Waals surface area contributed by atoms with E-state index in [4.69, 9.17) is 0 Å². The minimum atomic E-state index is -0.0401. The number of nitrogens with zero attached hydrogens (tertiary/aromatic N) is 2. The fourth-order valence-electron chi connectivity index (χ4n) is 2.09. The van der Waals surface area contributed by atoms with Gasteiger partial charge in [0, 0.05) is 30.8 Å².